The van der Waals surface area contributed by atoms with Crippen LogP contribution in [0.15, 0.2) is 0 Å². The third kappa shape index (κ3) is 5.08. The molecule has 0 saturated carbocycles. The van der Waals surface area contributed by atoms with E-state index in [-0.39, 0.29) is 0 Å². The summed E-state index contributed by atoms with van der Waals surface area (Å²) in [6.07, 6.45) is 3.72. The standard InChI is InChI=1S/C10H22N2OS/c1-2-14(13)9-8-12-10-4-3-6-11-7-5-10/h10-12H,2-9H2,1H3. The minimum Gasteiger partial charge on any atom is -0.317 e. The van der Waals surface area contributed by atoms with E-state index in [0.717, 1.165) is 31.1 Å². The van der Waals surface area contributed by atoms with Crippen LogP contribution in [0.2, 0.25) is 0 Å². The molecule has 0 radical (unpaired) electrons. The minimum absolute atomic E-state index is 0.614. The summed E-state index contributed by atoms with van der Waals surface area (Å²) in [6.45, 7) is 5.16. The average molecular weight is 218 g/mol. The monoisotopic (exact) mass is 218 g/mol. The largest absolute Gasteiger partial charge is 0.317 e. The van der Waals surface area contributed by atoms with Crippen LogP contribution in [0, 0.1) is 0 Å². The molecular formula is C10H22N2OS. The zero-order valence-electron chi connectivity index (χ0n) is 9.05. The highest BCUT2D eigenvalue weighted by Gasteiger charge is 2.10. The Morgan fingerprint density at radius 3 is 3.07 bits per heavy atom. The molecule has 4 heteroatoms. The highest BCUT2D eigenvalue weighted by Crippen LogP contribution is 2.04. The van der Waals surface area contributed by atoms with Crippen molar-refractivity contribution in [2.45, 2.75) is 32.2 Å². The van der Waals surface area contributed by atoms with Gasteiger partial charge in [0.1, 0.15) is 0 Å². The van der Waals surface area contributed by atoms with Gasteiger partial charge in [0.05, 0.1) is 0 Å². The number of nitrogens with one attached hydrogen (secondary N) is 2. The lowest BCUT2D eigenvalue weighted by molar-refractivity contribution is 0.483. The maximum absolute atomic E-state index is 11.2. The first-order chi connectivity index (χ1) is 6.83. The molecule has 2 N–H and O–H groups in total. The fraction of sp³-hybridized carbons (Fsp3) is 1.00. The molecule has 0 spiro atoms. The summed E-state index contributed by atoms with van der Waals surface area (Å²) < 4.78 is 11.2. The summed E-state index contributed by atoms with van der Waals surface area (Å²) >= 11 is 0. The Morgan fingerprint density at radius 1 is 1.43 bits per heavy atom. The Morgan fingerprint density at radius 2 is 2.29 bits per heavy atom. The molecule has 0 aromatic rings. The van der Waals surface area contributed by atoms with Crippen LogP contribution in [0.4, 0.5) is 0 Å². The summed E-state index contributed by atoms with van der Waals surface area (Å²) in [5.74, 6) is 1.59. The minimum atomic E-state index is -0.614. The first kappa shape index (κ1) is 12.1. The normalized spacial score (nSPS) is 25.6. The Bertz CT molecular complexity index is 168. The zero-order chi connectivity index (χ0) is 10.2. The molecule has 1 saturated heterocycles. The van der Waals surface area contributed by atoms with E-state index in [9.17, 15) is 4.21 Å². The molecule has 2 atom stereocenters. The Kier molecular flexibility index (Phi) is 6.39. The molecule has 0 aliphatic carbocycles. The van der Waals surface area contributed by atoms with Crippen molar-refractivity contribution in [2.24, 2.45) is 0 Å². The third-order valence-electron chi connectivity index (χ3n) is 2.66. The lowest BCUT2D eigenvalue weighted by Gasteiger charge is -2.15. The molecule has 84 valence electrons. The maximum Gasteiger partial charge on any atom is 0.0360 e. The quantitative estimate of drug-likeness (QED) is 0.705. The molecule has 2 unspecified atom stereocenters. The summed E-state index contributed by atoms with van der Waals surface area (Å²) in [4.78, 5) is 0. The summed E-state index contributed by atoms with van der Waals surface area (Å²) in [7, 11) is -0.614. The van der Waals surface area contributed by atoms with Gasteiger partial charge in [-0.25, -0.2) is 0 Å². The van der Waals surface area contributed by atoms with Gasteiger partial charge < -0.3 is 10.6 Å². The Hall–Kier alpha value is 0.0700. The molecule has 0 bridgehead atoms. The second kappa shape index (κ2) is 7.37. The van der Waals surface area contributed by atoms with Crippen molar-refractivity contribution in [3.05, 3.63) is 0 Å². The van der Waals surface area contributed by atoms with Gasteiger partial charge in [-0.15, -0.1) is 0 Å². The predicted octanol–water partition coefficient (Wildman–Crippen LogP) is 0.487. The van der Waals surface area contributed by atoms with Gasteiger partial charge in [0, 0.05) is 34.9 Å². The van der Waals surface area contributed by atoms with E-state index in [4.69, 9.17) is 0 Å². The van der Waals surface area contributed by atoms with Crippen LogP contribution < -0.4 is 10.6 Å². The molecule has 1 aliphatic heterocycles. The first-order valence-corrected chi connectivity index (χ1v) is 7.10. The van der Waals surface area contributed by atoms with Crippen molar-refractivity contribution in [2.75, 3.05) is 31.1 Å². The Labute approximate surface area is 89.5 Å². The van der Waals surface area contributed by atoms with E-state index in [0.29, 0.717) is 6.04 Å². The second-order valence-electron chi connectivity index (χ2n) is 3.76. The van der Waals surface area contributed by atoms with Crippen molar-refractivity contribution in [1.82, 2.24) is 10.6 Å². The van der Waals surface area contributed by atoms with Gasteiger partial charge in [-0.1, -0.05) is 6.92 Å². The van der Waals surface area contributed by atoms with Gasteiger partial charge in [0.25, 0.3) is 0 Å². The fourth-order valence-electron chi connectivity index (χ4n) is 1.74. The molecule has 3 nitrogen and oxygen atoms in total. The van der Waals surface area contributed by atoms with Crippen LogP contribution in [0.3, 0.4) is 0 Å². The average Bonchev–Trinajstić information content (AvgIpc) is 2.46. The highest BCUT2D eigenvalue weighted by molar-refractivity contribution is 7.84. The predicted molar refractivity (Wildman–Crippen MR) is 62.1 cm³/mol. The lowest BCUT2D eigenvalue weighted by Crippen LogP contribution is -2.33. The molecule has 0 amide bonds. The van der Waals surface area contributed by atoms with Gasteiger partial charge in [-0.05, 0) is 32.4 Å². The third-order valence-corrected chi connectivity index (χ3v) is 3.96. The Balaban J connectivity index is 2.07. The van der Waals surface area contributed by atoms with Gasteiger partial charge in [0.2, 0.25) is 0 Å². The van der Waals surface area contributed by atoms with E-state index in [1.54, 1.807) is 0 Å². The SMILES string of the molecule is CCS(=O)CCNC1CCCNCC1. The molecule has 1 fully saturated rings. The molecular weight excluding hydrogens is 196 g/mol. The second-order valence-corrected chi connectivity index (χ2v) is 5.63. The van der Waals surface area contributed by atoms with Crippen molar-refractivity contribution in [1.29, 1.82) is 0 Å². The fourth-order valence-corrected chi connectivity index (χ4v) is 2.38. The summed E-state index contributed by atoms with van der Waals surface area (Å²) in [5.41, 5.74) is 0. The maximum atomic E-state index is 11.2. The summed E-state index contributed by atoms with van der Waals surface area (Å²) in [5, 5.41) is 6.88. The molecule has 0 aromatic heterocycles. The van der Waals surface area contributed by atoms with E-state index >= 15 is 0 Å². The molecule has 0 aromatic carbocycles. The van der Waals surface area contributed by atoms with Crippen molar-refractivity contribution < 1.29 is 4.21 Å². The smallest absolute Gasteiger partial charge is 0.0360 e. The molecule has 1 heterocycles. The topological polar surface area (TPSA) is 41.1 Å². The van der Waals surface area contributed by atoms with Crippen LogP contribution in [0.1, 0.15) is 26.2 Å². The van der Waals surface area contributed by atoms with E-state index in [2.05, 4.69) is 10.6 Å². The molecule has 1 aliphatic rings. The van der Waals surface area contributed by atoms with Gasteiger partial charge >= 0.3 is 0 Å². The van der Waals surface area contributed by atoms with Crippen LogP contribution >= 0.6 is 0 Å². The molecule has 14 heavy (non-hydrogen) atoms. The number of rotatable bonds is 5. The van der Waals surface area contributed by atoms with E-state index in [1.165, 1.54) is 19.3 Å². The van der Waals surface area contributed by atoms with E-state index in [1.807, 2.05) is 6.92 Å². The van der Waals surface area contributed by atoms with Crippen molar-refractivity contribution >= 4 is 10.8 Å². The van der Waals surface area contributed by atoms with Crippen LogP contribution in [-0.2, 0) is 10.8 Å². The van der Waals surface area contributed by atoms with Crippen molar-refractivity contribution in [3.8, 4) is 0 Å². The van der Waals surface area contributed by atoms with Gasteiger partial charge in [-0.3, -0.25) is 4.21 Å². The van der Waals surface area contributed by atoms with Gasteiger partial charge in [-0.2, -0.15) is 0 Å². The number of hydrogen-bond acceptors (Lipinski definition) is 3. The highest BCUT2D eigenvalue weighted by atomic mass is 32.2. The zero-order valence-corrected chi connectivity index (χ0v) is 9.87. The van der Waals surface area contributed by atoms with Gasteiger partial charge in [0.15, 0.2) is 0 Å². The lowest BCUT2D eigenvalue weighted by atomic mass is 10.1. The number of hydrogen-bond donors (Lipinski definition) is 2. The first-order valence-electron chi connectivity index (χ1n) is 5.62. The van der Waals surface area contributed by atoms with Crippen LogP contribution in [0.5, 0.6) is 0 Å². The van der Waals surface area contributed by atoms with Crippen LogP contribution in [-0.4, -0.2) is 41.4 Å². The van der Waals surface area contributed by atoms with Crippen molar-refractivity contribution in [3.63, 3.8) is 0 Å². The summed E-state index contributed by atoms with van der Waals surface area (Å²) in [6, 6.07) is 0.638. The van der Waals surface area contributed by atoms with Crippen LogP contribution in [0.25, 0.3) is 0 Å². The van der Waals surface area contributed by atoms with E-state index < -0.39 is 10.8 Å². The molecule has 1 rings (SSSR count).